The van der Waals surface area contributed by atoms with Crippen molar-refractivity contribution >= 4 is 40.0 Å². The molecule has 1 amide bonds. The van der Waals surface area contributed by atoms with Crippen LogP contribution in [0.15, 0.2) is 40.2 Å². The summed E-state index contributed by atoms with van der Waals surface area (Å²) in [7, 11) is 0. The van der Waals surface area contributed by atoms with Gasteiger partial charge in [0.1, 0.15) is 11.0 Å². The third-order valence-electron chi connectivity index (χ3n) is 6.04. The van der Waals surface area contributed by atoms with Crippen LogP contribution < -0.4 is 21.5 Å². The Hall–Kier alpha value is -3.97. The number of benzene rings is 1. The molecule has 2 aromatic heterocycles. The summed E-state index contributed by atoms with van der Waals surface area (Å²) in [5, 5.41) is 7.20. The number of fused-ring (bicyclic) bond motifs is 2. The van der Waals surface area contributed by atoms with Crippen LogP contribution in [0, 0.1) is 11.8 Å². The summed E-state index contributed by atoms with van der Waals surface area (Å²) in [5.74, 6) is 6.47. The number of hydrogen-bond acceptors (Lipinski definition) is 7. The number of nitrogens with one attached hydrogen (secondary N) is 1. The van der Waals surface area contributed by atoms with E-state index in [0.29, 0.717) is 47.2 Å². The lowest BCUT2D eigenvalue weighted by atomic mass is 10.1. The predicted molar refractivity (Wildman–Crippen MR) is 131 cm³/mol. The largest absolute Gasteiger partial charge is 0.341 e. The fraction of sp³-hybridized carbons (Fsp3) is 0.375. The van der Waals surface area contributed by atoms with Gasteiger partial charge in [0.2, 0.25) is 11.9 Å². The Morgan fingerprint density at radius 2 is 2.12 bits per heavy atom. The lowest BCUT2D eigenvalue weighted by molar-refractivity contribution is -0.115. The number of nitrogens with two attached hydrogens (primary N) is 1. The molecule has 2 aliphatic heterocycles. The fourth-order valence-electron chi connectivity index (χ4n) is 4.46. The number of piperidine rings is 1. The second-order valence-electron chi connectivity index (χ2n) is 8.53. The van der Waals surface area contributed by atoms with Crippen LogP contribution in [0.1, 0.15) is 26.2 Å². The predicted octanol–water partition coefficient (Wildman–Crippen LogP) is 1.66. The molecule has 0 saturated carbocycles. The highest BCUT2D eigenvalue weighted by atomic mass is 16.1. The van der Waals surface area contributed by atoms with Crippen LogP contribution >= 0.6 is 0 Å². The molecule has 0 radical (unpaired) electrons. The molecular weight excluding hydrogens is 432 g/mol. The molecule has 1 fully saturated rings. The van der Waals surface area contributed by atoms with Crippen LogP contribution in [-0.4, -0.2) is 50.1 Å². The summed E-state index contributed by atoms with van der Waals surface area (Å²) >= 11 is 0. The molecule has 1 aromatic carbocycles. The number of carbonyl (C=O) groups is 1. The Kier molecular flexibility index (Phi) is 5.86. The van der Waals surface area contributed by atoms with Crippen LogP contribution in [0.5, 0.6) is 0 Å². The first kappa shape index (κ1) is 21.9. The van der Waals surface area contributed by atoms with Crippen LogP contribution in [-0.2, 0) is 17.9 Å². The summed E-state index contributed by atoms with van der Waals surface area (Å²) in [6.07, 6.45) is 3.61. The van der Waals surface area contributed by atoms with Crippen molar-refractivity contribution < 1.29 is 4.79 Å². The second-order valence-corrected chi connectivity index (χ2v) is 8.53. The first-order valence-corrected chi connectivity index (χ1v) is 11.4. The van der Waals surface area contributed by atoms with Gasteiger partial charge in [-0.15, -0.1) is 5.92 Å². The quantitative estimate of drug-likeness (QED) is 0.573. The zero-order chi connectivity index (χ0) is 23.7. The van der Waals surface area contributed by atoms with E-state index >= 15 is 0 Å². The van der Waals surface area contributed by atoms with Crippen molar-refractivity contribution in [1.82, 2.24) is 19.3 Å². The molecule has 0 spiro atoms. The van der Waals surface area contributed by atoms with Gasteiger partial charge in [-0.25, -0.2) is 9.67 Å². The zero-order valence-electron chi connectivity index (χ0n) is 19.0. The average Bonchev–Trinajstić information content (AvgIpc) is 3.11. The normalized spacial score (nSPS) is 17.9. The highest BCUT2D eigenvalue weighted by molar-refractivity contribution is 6.10. The maximum atomic E-state index is 13.6. The second kappa shape index (κ2) is 9.11. The molecule has 1 unspecified atom stereocenters. The van der Waals surface area contributed by atoms with Gasteiger partial charge in [-0.1, -0.05) is 18.1 Å². The molecule has 0 aliphatic carbocycles. The number of hydrogen-bond donors (Lipinski definition) is 2. The van der Waals surface area contributed by atoms with E-state index in [2.05, 4.69) is 32.1 Å². The molecule has 4 heterocycles. The van der Waals surface area contributed by atoms with Crippen LogP contribution in [0.25, 0.3) is 11.0 Å². The average molecular weight is 459 g/mol. The first-order chi connectivity index (χ1) is 16.5. The standard InChI is InChI=1S/C24H26N8O2/c1-2-3-11-31-22-20(29-24(31)30-10-6-7-16(25)14-30)13-26-32(23(22)34)15-17-12-21(33)28-19-9-5-4-8-18(19)27-17/h4-5,8-9,13,16H,6-7,10-12,14-15,25H2,1H3,(H,28,33). The maximum Gasteiger partial charge on any atom is 0.293 e. The van der Waals surface area contributed by atoms with Crippen molar-refractivity contribution in [2.75, 3.05) is 23.3 Å². The number of amides is 1. The monoisotopic (exact) mass is 458 g/mol. The van der Waals surface area contributed by atoms with Crippen LogP contribution in [0.4, 0.5) is 17.3 Å². The van der Waals surface area contributed by atoms with E-state index in [1.54, 1.807) is 19.2 Å². The Balaban J connectivity index is 1.56. The molecule has 10 heteroatoms. The SMILES string of the molecule is CC#CCn1c(N2CCCC(N)C2)nc2cnn(CC3=Nc4ccccc4NC(=O)C3)c(=O)c21. The van der Waals surface area contributed by atoms with E-state index in [4.69, 9.17) is 10.7 Å². The van der Waals surface area contributed by atoms with Gasteiger partial charge in [0, 0.05) is 24.8 Å². The van der Waals surface area contributed by atoms with E-state index in [0.717, 1.165) is 19.4 Å². The minimum absolute atomic E-state index is 0.0660. The zero-order valence-corrected chi connectivity index (χ0v) is 19.0. The molecule has 34 heavy (non-hydrogen) atoms. The Labute approximate surface area is 196 Å². The summed E-state index contributed by atoms with van der Waals surface area (Å²) in [4.78, 5) is 37.4. The number of para-hydroxylation sites is 2. The summed E-state index contributed by atoms with van der Waals surface area (Å²) in [6, 6.07) is 7.39. The molecule has 0 bridgehead atoms. The van der Waals surface area contributed by atoms with E-state index < -0.39 is 0 Å². The van der Waals surface area contributed by atoms with Crippen molar-refractivity contribution in [3.63, 3.8) is 0 Å². The van der Waals surface area contributed by atoms with Gasteiger partial charge in [0.05, 0.1) is 37.1 Å². The number of aromatic nitrogens is 4. The summed E-state index contributed by atoms with van der Waals surface area (Å²) < 4.78 is 3.19. The molecule has 174 valence electrons. The third kappa shape index (κ3) is 4.18. The van der Waals surface area contributed by atoms with Crippen molar-refractivity contribution in [3.05, 3.63) is 40.8 Å². The van der Waals surface area contributed by atoms with E-state index in [1.165, 1.54) is 4.68 Å². The lowest BCUT2D eigenvalue weighted by Gasteiger charge is -2.31. The molecule has 1 saturated heterocycles. The molecule has 10 nitrogen and oxygen atoms in total. The number of carbonyl (C=O) groups excluding carboxylic acids is 1. The number of imidazole rings is 1. The van der Waals surface area contributed by atoms with Crippen LogP contribution in [0.3, 0.4) is 0 Å². The first-order valence-electron chi connectivity index (χ1n) is 11.4. The number of rotatable bonds is 4. The molecule has 5 rings (SSSR count). The topological polar surface area (TPSA) is 123 Å². The number of aliphatic imine (C=N–C) groups is 1. The molecule has 2 aliphatic rings. The molecular formula is C24H26N8O2. The summed E-state index contributed by atoms with van der Waals surface area (Å²) in [5.41, 5.74) is 8.71. The fourth-order valence-corrected chi connectivity index (χ4v) is 4.46. The third-order valence-corrected chi connectivity index (χ3v) is 6.04. The van der Waals surface area contributed by atoms with Gasteiger partial charge in [0.25, 0.3) is 5.56 Å². The summed E-state index contributed by atoms with van der Waals surface area (Å²) in [6.45, 7) is 3.71. The molecule has 3 aromatic rings. The Morgan fingerprint density at radius 3 is 2.94 bits per heavy atom. The van der Waals surface area contributed by atoms with Gasteiger partial charge in [-0.2, -0.15) is 5.10 Å². The van der Waals surface area contributed by atoms with E-state index in [1.807, 2.05) is 22.8 Å². The van der Waals surface area contributed by atoms with Gasteiger partial charge < -0.3 is 16.0 Å². The van der Waals surface area contributed by atoms with Crippen molar-refractivity contribution in [2.24, 2.45) is 10.7 Å². The van der Waals surface area contributed by atoms with Crippen LogP contribution in [0.2, 0.25) is 0 Å². The van der Waals surface area contributed by atoms with E-state index in [-0.39, 0.29) is 30.5 Å². The van der Waals surface area contributed by atoms with E-state index in [9.17, 15) is 9.59 Å². The number of anilines is 2. The lowest BCUT2D eigenvalue weighted by Crippen LogP contribution is -2.44. The highest BCUT2D eigenvalue weighted by Crippen LogP contribution is 2.27. The van der Waals surface area contributed by atoms with Gasteiger partial charge in [-0.3, -0.25) is 19.1 Å². The Morgan fingerprint density at radius 1 is 1.26 bits per heavy atom. The minimum atomic E-state index is -0.295. The maximum absolute atomic E-state index is 13.6. The van der Waals surface area contributed by atoms with Crippen molar-refractivity contribution in [3.8, 4) is 11.8 Å². The molecule has 3 N–H and O–H groups in total. The van der Waals surface area contributed by atoms with Gasteiger partial charge >= 0.3 is 0 Å². The van der Waals surface area contributed by atoms with Crippen molar-refractivity contribution in [2.45, 2.75) is 45.3 Å². The minimum Gasteiger partial charge on any atom is -0.341 e. The number of nitrogens with zero attached hydrogens (tertiary/aromatic N) is 6. The smallest absolute Gasteiger partial charge is 0.293 e. The molecule has 1 atom stereocenters. The van der Waals surface area contributed by atoms with Gasteiger partial charge in [0.15, 0.2) is 0 Å². The Bertz CT molecular complexity index is 1410. The highest BCUT2D eigenvalue weighted by Gasteiger charge is 2.25. The van der Waals surface area contributed by atoms with Gasteiger partial charge in [-0.05, 0) is 31.9 Å². The van der Waals surface area contributed by atoms with Crippen molar-refractivity contribution in [1.29, 1.82) is 0 Å².